The van der Waals surface area contributed by atoms with E-state index in [0.29, 0.717) is 25.9 Å². The molecule has 7 heteroatoms. The summed E-state index contributed by atoms with van der Waals surface area (Å²) in [5.41, 5.74) is 7.68. The average molecular weight is 527 g/mol. The summed E-state index contributed by atoms with van der Waals surface area (Å²) in [5.74, 6) is -0.888. The van der Waals surface area contributed by atoms with Crippen LogP contribution in [0, 0.1) is 0 Å². The van der Waals surface area contributed by atoms with Crippen molar-refractivity contribution in [3.05, 3.63) is 108 Å². The molecule has 4 aromatic rings. The minimum Gasteiger partial charge on any atom is -0.481 e. The zero-order valence-corrected chi connectivity index (χ0v) is 22.7. The molecule has 0 unspecified atom stereocenters. The molecular formula is C32H38N4O3. The maximum absolute atomic E-state index is 14.0. The molecule has 0 aliphatic rings. The van der Waals surface area contributed by atoms with Crippen LogP contribution in [0.1, 0.15) is 36.5 Å². The van der Waals surface area contributed by atoms with Gasteiger partial charge in [-0.05, 0) is 42.0 Å². The van der Waals surface area contributed by atoms with Gasteiger partial charge in [-0.2, -0.15) is 0 Å². The molecule has 0 fully saturated rings. The van der Waals surface area contributed by atoms with E-state index in [1.54, 1.807) is 4.90 Å². The Balaban J connectivity index is 1.61. The van der Waals surface area contributed by atoms with Gasteiger partial charge in [-0.1, -0.05) is 85.8 Å². The molecular weight excluding hydrogens is 488 g/mol. The third-order valence-electron chi connectivity index (χ3n) is 6.95. The third kappa shape index (κ3) is 7.78. The van der Waals surface area contributed by atoms with Gasteiger partial charge in [-0.25, -0.2) is 5.01 Å². The summed E-state index contributed by atoms with van der Waals surface area (Å²) in [4.78, 5) is 30.9. The Bertz CT molecular complexity index is 1340. The van der Waals surface area contributed by atoms with Crippen molar-refractivity contribution in [3.63, 3.8) is 0 Å². The van der Waals surface area contributed by atoms with Crippen LogP contribution in [0.2, 0.25) is 0 Å². The number of H-pyrrole nitrogens is 1. The van der Waals surface area contributed by atoms with E-state index in [4.69, 9.17) is 0 Å². The van der Waals surface area contributed by atoms with Gasteiger partial charge < -0.3 is 15.0 Å². The summed E-state index contributed by atoms with van der Waals surface area (Å²) in [6.07, 6.45) is 3.72. The lowest BCUT2D eigenvalue weighted by molar-refractivity contribution is -0.139. The summed E-state index contributed by atoms with van der Waals surface area (Å²) >= 11 is 0. The molecule has 1 heterocycles. The van der Waals surface area contributed by atoms with Crippen molar-refractivity contribution >= 4 is 22.8 Å². The molecule has 4 rings (SSSR count). The van der Waals surface area contributed by atoms with Gasteiger partial charge in [0.1, 0.15) is 6.04 Å². The molecule has 3 N–H and O–H groups in total. The van der Waals surface area contributed by atoms with Gasteiger partial charge in [0.15, 0.2) is 0 Å². The highest BCUT2D eigenvalue weighted by Gasteiger charge is 2.31. The fourth-order valence-electron chi connectivity index (χ4n) is 5.08. The Kier molecular flexibility index (Phi) is 9.89. The Labute approximate surface area is 230 Å². The van der Waals surface area contributed by atoms with E-state index < -0.39 is 18.1 Å². The average Bonchev–Trinajstić information content (AvgIpc) is 3.34. The van der Waals surface area contributed by atoms with Crippen molar-refractivity contribution in [1.82, 2.24) is 20.3 Å². The lowest BCUT2D eigenvalue weighted by atomic mass is 10.0. The second kappa shape index (κ2) is 13.7. The number of carboxylic acid groups (broad SMARTS) is 1. The van der Waals surface area contributed by atoms with E-state index in [1.165, 1.54) is 0 Å². The van der Waals surface area contributed by atoms with E-state index in [2.05, 4.69) is 17.3 Å². The maximum Gasteiger partial charge on any atom is 0.304 e. The minimum atomic E-state index is -0.879. The van der Waals surface area contributed by atoms with E-state index in [0.717, 1.165) is 34.0 Å². The van der Waals surface area contributed by atoms with Crippen LogP contribution in [0.5, 0.6) is 0 Å². The Hall–Kier alpha value is -3.94. The van der Waals surface area contributed by atoms with Crippen molar-refractivity contribution < 1.29 is 14.7 Å². The highest BCUT2D eigenvalue weighted by molar-refractivity contribution is 5.83. The molecule has 3 aromatic carbocycles. The van der Waals surface area contributed by atoms with Crippen molar-refractivity contribution in [2.45, 2.75) is 51.2 Å². The van der Waals surface area contributed by atoms with Crippen molar-refractivity contribution in [2.24, 2.45) is 0 Å². The molecule has 0 aliphatic heterocycles. The number of nitrogens with one attached hydrogen (secondary N) is 2. The van der Waals surface area contributed by atoms with Crippen LogP contribution < -0.4 is 5.43 Å². The van der Waals surface area contributed by atoms with Crippen LogP contribution in [0.4, 0.5) is 0 Å². The molecule has 0 saturated heterocycles. The Morgan fingerprint density at radius 3 is 2.21 bits per heavy atom. The summed E-state index contributed by atoms with van der Waals surface area (Å²) < 4.78 is 0. The molecule has 39 heavy (non-hydrogen) atoms. The quantitative estimate of drug-likeness (QED) is 0.200. The number of aromatic nitrogens is 1. The fraction of sp³-hybridized carbons (Fsp3) is 0.312. The first-order chi connectivity index (χ1) is 18.9. The highest BCUT2D eigenvalue weighted by atomic mass is 16.4. The number of rotatable bonds is 14. The van der Waals surface area contributed by atoms with Gasteiger partial charge >= 0.3 is 5.97 Å². The first-order valence-electron chi connectivity index (χ1n) is 13.6. The zero-order valence-electron chi connectivity index (χ0n) is 22.7. The predicted octanol–water partition coefficient (Wildman–Crippen LogP) is 5.04. The number of aromatic amines is 1. The first-order valence-corrected chi connectivity index (χ1v) is 13.6. The molecule has 0 aliphatic carbocycles. The maximum atomic E-state index is 14.0. The van der Waals surface area contributed by atoms with Crippen molar-refractivity contribution in [1.29, 1.82) is 0 Å². The minimum absolute atomic E-state index is 0.00942. The fourth-order valence-corrected chi connectivity index (χ4v) is 5.08. The Morgan fingerprint density at radius 1 is 0.897 bits per heavy atom. The molecule has 0 spiro atoms. The van der Waals surface area contributed by atoms with E-state index in [9.17, 15) is 14.7 Å². The van der Waals surface area contributed by atoms with Gasteiger partial charge in [0.2, 0.25) is 5.91 Å². The predicted molar refractivity (Wildman–Crippen MR) is 155 cm³/mol. The molecule has 1 aromatic heterocycles. The van der Waals surface area contributed by atoms with Crippen molar-refractivity contribution in [2.75, 3.05) is 13.6 Å². The summed E-state index contributed by atoms with van der Waals surface area (Å²) in [7, 11) is 1.83. The second-order valence-electron chi connectivity index (χ2n) is 10.1. The lowest BCUT2D eigenvalue weighted by Gasteiger charge is -2.36. The van der Waals surface area contributed by atoms with Crippen LogP contribution in [0.3, 0.4) is 0 Å². The number of likely N-dealkylation sites (N-methyl/N-ethyl adjacent to an activating group) is 1. The summed E-state index contributed by atoms with van der Waals surface area (Å²) in [5, 5.41) is 12.8. The number of amides is 1. The standard InChI is InChI=1S/C32H38N4O3/c1-3-18-36(34-27(21-31(37)38)20-26-22-33-29-17-11-10-16-28(26)29)30(19-24-12-6-4-7-13-24)32(39)35(2)23-25-14-8-5-9-15-25/h4-17,22,27,30,33-34H,3,18-21,23H2,1-2H3,(H,37,38)/t27-,30-/m0/s1. The second-order valence-corrected chi connectivity index (χ2v) is 10.1. The third-order valence-corrected chi connectivity index (χ3v) is 6.95. The molecule has 0 saturated carbocycles. The zero-order chi connectivity index (χ0) is 27.6. The smallest absolute Gasteiger partial charge is 0.304 e. The van der Waals surface area contributed by atoms with Crippen LogP contribution in [-0.2, 0) is 29.0 Å². The molecule has 204 valence electrons. The van der Waals surface area contributed by atoms with Gasteiger partial charge in [0, 0.05) is 43.3 Å². The van der Waals surface area contributed by atoms with E-state index >= 15 is 0 Å². The molecule has 7 nitrogen and oxygen atoms in total. The number of hydrogen-bond acceptors (Lipinski definition) is 4. The van der Waals surface area contributed by atoms with Gasteiger partial charge in [-0.15, -0.1) is 0 Å². The van der Waals surface area contributed by atoms with E-state index in [-0.39, 0.29) is 12.3 Å². The van der Waals surface area contributed by atoms with Gasteiger partial charge in [0.05, 0.1) is 6.42 Å². The topological polar surface area (TPSA) is 88.7 Å². The Morgan fingerprint density at radius 2 is 1.54 bits per heavy atom. The molecule has 0 radical (unpaired) electrons. The van der Waals surface area contributed by atoms with Gasteiger partial charge in [-0.3, -0.25) is 15.0 Å². The number of carboxylic acids is 1. The number of hydrogen-bond donors (Lipinski definition) is 3. The highest BCUT2D eigenvalue weighted by Crippen LogP contribution is 2.21. The number of fused-ring (bicyclic) bond motifs is 1. The summed E-state index contributed by atoms with van der Waals surface area (Å²) in [6, 6.07) is 27.1. The van der Waals surface area contributed by atoms with Crippen LogP contribution in [0.15, 0.2) is 91.1 Å². The number of carbonyl (C=O) groups is 2. The number of hydrazine groups is 1. The van der Waals surface area contributed by atoms with E-state index in [1.807, 2.05) is 103 Å². The number of aliphatic carboxylic acids is 1. The number of para-hydroxylation sites is 1. The van der Waals surface area contributed by atoms with Gasteiger partial charge in [0.25, 0.3) is 0 Å². The van der Waals surface area contributed by atoms with Crippen molar-refractivity contribution in [3.8, 4) is 0 Å². The van der Waals surface area contributed by atoms with Crippen LogP contribution in [-0.4, -0.2) is 57.6 Å². The normalized spacial score (nSPS) is 12.9. The van der Waals surface area contributed by atoms with Crippen LogP contribution >= 0.6 is 0 Å². The van der Waals surface area contributed by atoms with Crippen LogP contribution in [0.25, 0.3) is 10.9 Å². The molecule has 2 atom stereocenters. The molecule has 1 amide bonds. The lowest BCUT2D eigenvalue weighted by Crippen LogP contribution is -2.57. The number of benzene rings is 3. The first kappa shape index (κ1) is 28.1. The largest absolute Gasteiger partial charge is 0.481 e. The molecule has 0 bridgehead atoms. The number of carbonyl (C=O) groups excluding carboxylic acids is 1. The monoisotopic (exact) mass is 526 g/mol. The SMILES string of the molecule is CCCN(N[C@H](CC(=O)O)Cc1c[nH]c2ccccc12)[C@@H](Cc1ccccc1)C(=O)N(C)Cc1ccccc1. The summed E-state index contributed by atoms with van der Waals surface area (Å²) in [6.45, 7) is 3.17. The number of nitrogens with zero attached hydrogens (tertiary/aromatic N) is 2.